The lowest BCUT2D eigenvalue weighted by Crippen LogP contribution is -2.29. The number of thiazole rings is 1. The summed E-state index contributed by atoms with van der Waals surface area (Å²) < 4.78 is 16.4. The van der Waals surface area contributed by atoms with Gasteiger partial charge >= 0.3 is 7.60 Å². The maximum atomic E-state index is 10.9. The second-order valence-electron chi connectivity index (χ2n) is 3.89. The standard InChI is InChI=1S/C10H18NO4PS/c1-4-10(5-2,15-7-16(12,13)14)9-6-17-8(3)11-9/h6H,4-5,7H2,1-3H3,(H2,12,13,14). The van der Waals surface area contributed by atoms with Gasteiger partial charge in [-0.1, -0.05) is 13.8 Å². The molecule has 1 rings (SSSR count). The van der Waals surface area contributed by atoms with Gasteiger partial charge in [-0.2, -0.15) is 0 Å². The first-order valence-electron chi connectivity index (χ1n) is 5.44. The topological polar surface area (TPSA) is 79.7 Å². The third kappa shape index (κ3) is 3.86. The van der Waals surface area contributed by atoms with Crippen LogP contribution in [0.5, 0.6) is 0 Å². The normalized spacial score (nSPS) is 13.0. The van der Waals surface area contributed by atoms with Gasteiger partial charge in [-0.05, 0) is 19.8 Å². The highest BCUT2D eigenvalue weighted by Crippen LogP contribution is 2.41. The Balaban J connectivity index is 2.93. The Bertz CT molecular complexity index is 410. The predicted molar refractivity (Wildman–Crippen MR) is 67.1 cm³/mol. The largest absolute Gasteiger partial charge is 0.356 e. The Kier molecular flexibility index (Phi) is 4.86. The van der Waals surface area contributed by atoms with Gasteiger partial charge in [0.05, 0.1) is 10.7 Å². The van der Waals surface area contributed by atoms with Crippen molar-refractivity contribution in [2.75, 3.05) is 6.35 Å². The van der Waals surface area contributed by atoms with Crippen molar-refractivity contribution >= 4 is 18.9 Å². The monoisotopic (exact) mass is 279 g/mol. The average Bonchev–Trinajstić information content (AvgIpc) is 2.66. The molecule has 1 aromatic heterocycles. The van der Waals surface area contributed by atoms with Gasteiger partial charge in [0.25, 0.3) is 0 Å². The third-order valence-corrected chi connectivity index (χ3v) is 3.98. The first-order chi connectivity index (χ1) is 7.83. The molecule has 0 bridgehead atoms. The number of rotatable bonds is 6. The molecule has 1 heterocycles. The van der Waals surface area contributed by atoms with Crippen molar-refractivity contribution in [3.63, 3.8) is 0 Å². The minimum atomic E-state index is -4.15. The number of hydrogen-bond donors (Lipinski definition) is 2. The van der Waals surface area contributed by atoms with E-state index in [1.54, 1.807) is 0 Å². The molecule has 0 aliphatic carbocycles. The average molecular weight is 279 g/mol. The molecule has 0 spiro atoms. The van der Waals surface area contributed by atoms with Crippen molar-refractivity contribution in [3.05, 3.63) is 16.1 Å². The van der Waals surface area contributed by atoms with E-state index < -0.39 is 19.5 Å². The summed E-state index contributed by atoms with van der Waals surface area (Å²) in [5.41, 5.74) is 0.0738. The fraction of sp³-hybridized carbons (Fsp3) is 0.700. The summed E-state index contributed by atoms with van der Waals surface area (Å²) in [4.78, 5) is 22.2. The molecule has 98 valence electrons. The molecule has 7 heteroatoms. The van der Waals surface area contributed by atoms with Crippen molar-refractivity contribution in [2.24, 2.45) is 0 Å². The highest BCUT2D eigenvalue weighted by atomic mass is 32.1. The lowest BCUT2D eigenvalue weighted by molar-refractivity contribution is -0.0423. The van der Waals surface area contributed by atoms with Crippen molar-refractivity contribution in [1.29, 1.82) is 0 Å². The number of aromatic nitrogens is 1. The second-order valence-corrected chi connectivity index (χ2v) is 6.54. The molecule has 0 fully saturated rings. The second kappa shape index (κ2) is 5.59. The van der Waals surface area contributed by atoms with Crippen LogP contribution in [0, 0.1) is 6.92 Å². The number of aryl methyl sites for hydroxylation is 1. The summed E-state index contributed by atoms with van der Waals surface area (Å²) in [6, 6.07) is 0. The highest BCUT2D eigenvalue weighted by Gasteiger charge is 2.34. The van der Waals surface area contributed by atoms with Crippen LogP contribution in [0.1, 0.15) is 37.4 Å². The van der Waals surface area contributed by atoms with E-state index in [-0.39, 0.29) is 0 Å². The van der Waals surface area contributed by atoms with Crippen molar-refractivity contribution in [2.45, 2.75) is 39.2 Å². The van der Waals surface area contributed by atoms with Gasteiger partial charge in [0.1, 0.15) is 11.9 Å². The van der Waals surface area contributed by atoms with Crippen LogP contribution in [0.3, 0.4) is 0 Å². The Morgan fingerprint density at radius 3 is 2.41 bits per heavy atom. The third-order valence-electron chi connectivity index (χ3n) is 2.74. The fourth-order valence-corrected chi connectivity index (χ4v) is 2.79. The molecule has 0 aliphatic heterocycles. The van der Waals surface area contributed by atoms with Crippen LogP contribution < -0.4 is 0 Å². The van der Waals surface area contributed by atoms with E-state index in [0.29, 0.717) is 12.8 Å². The van der Waals surface area contributed by atoms with Crippen molar-refractivity contribution in [3.8, 4) is 0 Å². The molecule has 1 aromatic rings. The highest BCUT2D eigenvalue weighted by molar-refractivity contribution is 7.51. The molecule has 17 heavy (non-hydrogen) atoms. The van der Waals surface area contributed by atoms with E-state index in [1.807, 2.05) is 26.2 Å². The first-order valence-corrected chi connectivity index (χ1v) is 8.12. The zero-order valence-corrected chi connectivity index (χ0v) is 11.9. The molecular weight excluding hydrogens is 261 g/mol. The van der Waals surface area contributed by atoms with E-state index in [4.69, 9.17) is 14.5 Å². The van der Waals surface area contributed by atoms with Crippen LogP contribution in [-0.4, -0.2) is 21.1 Å². The van der Waals surface area contributed by atoms with E-state index in [0.717, 1.165) is 10.7 Å². The molecule has 0 amide bonds. The van der Waals surface area contributed by atoms with Gasteiger partial charge in [0.2, 0.25) is 0 Å². The maximum absolute atomic E-state index is 10.9. The summed E-state index contributed by atoms with van der Waals surface area (Å²) in [6.45, 7) is 5.75. The molecule has 0 unspecified atom stereocenters. The van der Waals surface area contributed by atoms with Crippen LogP contribution in [0.4, 0.5) is 0 Å². The summed E-state index contributed by atoms with van der Waals surface area (Å²) in [5.74, 6) is 0. The van der Waals surface area contributed by atoms with Gasteiger partial charge in [-0.25, -0.2) is 4.98 Å². The SMILES string of the molecule is CCC(CC)(OCP(=O)(O)O)c1csc(C)n1. The van der Waals surface area contributed by atoms with Gasteiger partial charge in [0.15, 0.2) is 0 Å². The minimum Gasteiger partial charge on any atom is -0.356 e. The first kappa shape index (κ1) is 14.8. The smallest absolute Gasteiger partial charge is 0.351 e. The van der Waals surface area contributed by atoms with Gasteiger partial charge in [-0.15, -0.1) is 11.3 Å². The Morgan fingerprint density at radius 1 is 1.47 bits per heavy atom. The molecule has 0 radical (unpaired) electrons. The van der Waals surface area contributed by atoms with Crippen molar-refractivity contribution in [1.82, 2.24) is 4.98 Å². The zero-order chi connectivity index (χ0) is 13.1. The summed E-state index contributed by atoms with van der Waals surface area (Å²) in [6.07, 6.45) is 0.699. The lowest BCUT2D eigenvalue weighted by Gasteiger charge is -2.30. The molecule has 0 saturated heterocycles. The van der Waals surface area contributed by atoms with E-state index >= 15 is 0 Å². The maximum Gasteiger partial charge on any atom is 0.351 e. The van der Waals surface area contributed by atoms with Gasteiger partial charge < -0.3 is 14.5 Å². The van der Waals surface area contributed by atoms with Gasteiger partial charge in [0, 0.05) is 5.38 Å². The van der Waals surface area contributed by atoms with Gasteiger partial charge in [-0.3, -0.25) is 4.57 Å². The van der Waals surface area contributed by atoms with E-state index in [1.165, 1.54) is 11.3 Å². The Morgan fingerprint density at radius 2 is 2.06 bits per heavy atom. The summed E-state index contributed by atoms with van der Waals surface area (Å²) in [5, 5.41) is 2.81. The fourth-order valence-electron chi connectivity index (χ4n) is 1.67. The zero-order valence-electron chi connectivity index (χ0n) is 10.2. The van der Waals surface area contributed by atoms with E-state index in [9.17, 15) is 4.57 Å². The lowest BCUT2D eigenvalue weighted by atomic mass is 9.94. The molecule has 5 nitrogen and oxygen atoms in total. The predicted octanol–water partition coefficient (Wildman–Crippen LogP) is 2.62. The van der Waals surface area contributed by atoms with Crippen molar-refractivity contribution < 1.29 is 19.1 Å². The quantitative estimate of drug-likeness (QED) is 0.782. The molecule has 0 atom stereocenters. The van der Waals surface area contributed by atoms with Crippen LogP contribution >= 0.6 is 18.9 Å². The molecular formula is C10H18NO4PS. The van der Waals surface area contributed by atoms with Crippen LogP contribution in [0.15, 0.2) is 5.38 Å². The Hall–Kier alpha value is -0.260. The number of ether oxygens (including phenoxy) is 1. The number of hydrogen-bond acceptors (Lipinski definition) is 4. The molecule has 0 saturated carbocycles. The van der Waals surface area contributed by atoms with Crippen LogP contribution in [0.25, 0.3) is 0 Å². The van der Waals surface area contributed by atoms with Crippen LogP contribution in [0.2, 0.25) is 0 Å². The summed E-state index contributed by atoms with van der Waals surface area (Å²) >= 11 is 1.51. The summed E-state index contributed by atoms with van der Waals surface area (Å²) in [7, 11) is -4.15. The molecule has 2 N–H and O–H groups in total. The Labute approximate surface area is 105 Å². The molecule has 0 aliphatic rings. The minimum absolute atomic E-state index is 0.564. The van der Waals surface area contributed by atoms with Crippen LogP contribution in [-0.2, 0) is 14.9 Å². The molecule has 0 aromatic carbocycles. The number of nitrogens with zero attached hydrogens (tertiary/aromatic N) is 1. The van der Waals surface area contributed by atoms with E-state index in [2.05, 4.69) is 4.98 Å².